The Morgan fingerprint density at radius 1 is 1.28 bits per heavy atom. The minimum atomic E-state index is -3.21. The minimum absolute atomic E-state index is 0.300. The van der Waals surface area contributed by atoms with E-state index < -0.39 is 15.1 Å². The van der Waals surface area contributed by atoms with Crippen molar-refractivity contribution >= 4 is 15.7 Å². The van der Waals surface area contributed by atoms with Crippen molar-refractivity contribution in [2.45, 2.75) is 55.7 Å². The molecule has 1 fully saturated rings. The Kier molecular flexibility index (Phi) is 3.90. The van der Waals surface area contributed by atoms with Gasteiger partial charge in [-0.2, -0.15) is 0 Å². The number of nitrogens with zero attached hydrogens (tertiary/aromatic N) is 1. The third kappa shape index (κ3) is 2.83. The molecule has 100 valence electrons. The van der Waals surface area contributed by atoms with Crippen LogP contribution in [-0.4, -0.2) is 24.7 Å². The maximum atomic E-state index is 11.9. The molecule has 0 radical (unpaired) electrons. The number of rotatable bonds is 4. The minimum Gasteiger partial charge on any atom is -0.367 e. The summed E-state index contributed by atoms with van der Waals surface area (Å²) >= 11 is 0. The molecule has 0 saturated heterocycles. The molecule has 4 nitrogen and oxygen atoms in total. The fourth-order valence-corrected chi connectivity index (χ4v) is 3.19. The largest absolute Gasteiger partial charge is 0.367 e. The van der Waals surface area contributed by atoms with Crippen LogP contribution < -0.4 is 5.32 Å². The number of aromatic nitrogens is 1. The van der Waals surface area contributed by atoms with E-state index in [-0.39, 0.29) is 0 Å². The summed E-state index contributed by atoms with van der Waals surface area (Å²) in [4.78, 5) is 4.50. The van der Waals surface area contributed by atoms with Crippen LogP contribution in [0.3, 0.4) is 0 Å². The van der Waals surface area contributed by atoms with Crippen molar-refractivity contribution in [3.05, 3.63) is 18.3 Å². The Morgan fingerprint density at radius 2 is 1.94 bits per heavy atom. The molecule has 1 aromatic rings. The highest BCUT2D eigenvalue weighted by atomic mass is 32.2. The van der Waals surface area contributed by atoms with Crippen molar-refractivity contribution < 1.29 is 8.42 Å². The van der Waals surface area contributed by atoms with Gasteiger partial charge in [0.25, 0.3) is 0 Å². The molecule has 1 saturated carbocycles. The fourth-order valence-electron chi connectivity index (χ4n) is 2.19. The Morgan fingerprint density at radius 3 is 2.44 bits per heavy atom. The second kappa shape index (κ2) is 5.26. The molecule has 1 aromatic heterocycles. The van der Waals surface area contributed by atoms with Crippen molar-refractivity contribution in [1.29, 1.82) is 0 Å². The van der Waals surface area contributed by atoms with Gasteiger partial charge in [-0.05, 0) is 38.8 Å². The van der Waals surface area contributed by atoms with Gasteiger partial charge in [0.1, 0.15) is 5.82 Å². The number of anilines is 1. The Hall–Kier alpha value is -1.10. The Labute approximate surface area is 109 Å². The molecule has 0 amide bonds. The zero-order valence-corrected chi connectivity index (χ0v) is 11.7. The first kappa shape index (κ1) is 13.3. The fraction of sp³-hybridized carbons (Fsp3) is 0.615. The van der Waals surface area contributed by atoms with Crippen molar-refractivity contribution in [1.82, 2.24) is 4.98 Å². The molecule has 0 atom stereocenters. The van der Waals surface area contributed by atoms with Crippen LogP contribution in [0.15, 0.2) is 23.2 Å². The molecule has 1 aliphatic carbocycles. The first-order valence-corrected chi connectivity index (χ1v) is 8.01. The summed E-state index contributed by atoms with van der Waals surface area (Å²) < 4.78 is 23.9. The topological polar surface area (TPSA) is 59.1 Å². The third-order valence-corrected chi connectivity index (χ3v) is 5.53. The molecule has 0 aliphatic heterocycles. The number of pyridine rings is 1. The smallest absolute Gasteiger partial charge is 0.182 e. The Balaban J connectivity index is 2.10. The number of sulfone groups is 1. The van der Waals surface area contributed by atoms with Crippen LogP contribution >= 0.6 is 0 Å². The summed E-state index contributed by atoms with van der Waals surface area (Å²) in [6.07, 6.45) is 6.32. The lowest BCUT2D eigenvalue weighted by Gasteiger charge is -2.13. The van der Waals surface area contributed by atoms with Gasteiger partial charge in [0, 0.05) is 12.2 Å². The lowest BCUT2D eigenvalue weighted by molar-refractivity contribution is 0.587. The summed E-state index contributed by atoms with van der Waals surface area (Å²) in [5.74, 6) is 0.768. The zero-order chi connectivity index (χ0) is 13.2. The summed E-state index contributed by atoms with van der Waals surface area (Å²) in [6, 6.07) is 3.89. The molecule has 0 aromatic carbocycles. The van der Waals surface area contributed by atoms with Gasteiger partial charge in [-0.3, -0.25) is 0 Å². The molecule has 1 heterocycles. The zero-order valence-electron chi connectivity index (χ0n) is 10.9. The molecule has 18 heavy (non-hydrogen) atoms. The van der Waals surface area contributed by atoms with Gasteiger partial charge in [-0.25, -0.2) is 13.4 Å². The predicted molar refractivity (Wildman–Crippen MR) is 72.4 cm³/mol. The first-order valence-electron chi connectivity index (χ1n) is 6.46. The summed E-state index contributed by atoms with van der Waals surface area (Å²) in [6.45, 7) is 3.36. The quantitative estimate of drug-likeness (QED) is 0.912. The van der Waals surface area contributed by atoms with Crippen LogP contribution in [0.4, 0.5) is 5.82 Å². The molecule has 0 spiro atoms. The van der Waals surface area contributed by atoms with E-state index in [4.69, 9.17) is 0 Å². The first-order chi connectivity index (χ1) is 8.50. The molecule has 0 unspecified atom stereocenters. The van der Waals surface area contributed by atoms with Crippen LogP contribution in [0.1, 0.15) is 39.5 Å². The highest BCUT2D eigenvalue weighted by Crippen LogP contribution is 2.22. The van der Waals surface area contributed by atoms with E-state index in [0.717, 1.165) is 5.82 Å². The standard InChI is InChI=1S/C13H20N2O2S/c1-10(2)18(16,17)12-7-8-13(14-9-12)15-11-5-3-4-6-11/h7-11H,3-6H2,1-2H3,(H,14,15). The average molecular weight is 268 g/mol. The van der Waals surface area contributed by atoms with E-state index in [1.807, 2.05) is 0 Å². The molecular formula is C13H20N2O2S. The monoisotopic (exact) mass is 268 g/mol. The second-order valence-electron chi connectivity index (χ2n) is 5.10. The van der Waals surface area contributed by atoms with Gasteiger partial charge in [0.15, 0.2) is 9.84 Å². The van der Waals surface area contributed by atoms with Crippen LogP contribution in [0, 0.1) is 0 Å². The molecule has 1 N–H and O–H groups in total. The van der Waals surface area contributed by atoms with Crippen molar-refractivity contribution in [2.24, 2.45) is 0 Å². The van der Waals surface area contributed by atoms with Gasteiger partial charge in [0.2, 0.25) is 0 Å². The number of nitrogens with one attached hydrogen (secondary N) is 1. The van der Waals surface area contributed by atoms with E-state index in [1.54, 1.807) is 26.0 Å². The van der Waals surface area contributed by atoms with E-state index in [2.05, 4.69) is 10.3 Å². The molecule has 0 bridgehead atoms. The summed E-state index contributed by atoms with van der Waals surface area (Å²) in [7, 11) is -3.21. The van der Waals surface area contributed by atoms with Crippen molar-refractivity contribution in [2.75, 3.05) is 5.32 Å². The maximum Gasteiger partial charge on any atom is 0.182 e. The van der Waals surface area contributed by atoms with E-state index in [9.17, 15) is 8.42 Å². The van der Waals surface area contributed by atoms with Gasteiger partial charge in [0.05, 0.1) is 10.1 Å². The van der Waals surface area contributed by atoms with Crippen LogP contribution in [-0.2, 0) is 9.84 Å². The lowest BCUT2D eigenvalue weighted by atomic mass is 10.2. The molecule has 2 rings (SSSR count). The number of hydrogen-bond donors (Lipinski definition) is 1. The maximum absolute atomic E-state index is 11.9. The third-order valence-electron chi connectivity index (χ3n) is 3.39. The van der Waals surface area contributed by atoms with E-state index in [0.29, 0.717) is 10.9 Å². The summed E-state index contributed by atoms with van der Waals surface area (Å²) in [5.41, 5.74) is 0. The normalized spacial score (nSPS) is 17.3. The Bertz CT molecular complexity index is 488. The van der Waals surface area contributed by atoms with Crippen LogP contribution in [0.5, 0.6) is 0 Å². The molecular weight excluding hydrogens is 248 g/mol. The van der Waals surface area contributed by atoms with Crippen LogP contribution in [0.25, 0.3) is 0 Å². The number of hydrogen-bond acceptors (Lipinski definition) is 4. The van der Waals surface area contributed by atoms with Gasteiger partial charge >= 0.3 is 0 Å². The predicted octanol–water partition coefficient (Wildman–Crippen LogP) is 2.62. The van der Waals surface area contributed by atoms with Crippen molar-refractivity contribution in [3.8, 4) is 0 Å². The van der Waals surface area contributed by atoms with Gasteiger partial charge in [-0.15, -0.1) is 0 Å². The summed E-state index contributed by atoms with van der Waals surface area (Å²) in [5, 5.41) is 2.93. The highest BCUT2D eigenvalue weighted by molar-refractivity contribution is 7.92. The van der Waals surface area contributed by atoms with E-state index in [1.165, 1.54) is 31.9 Å². The SMILES string of the molecule is CC(C)S(=O)(=O)c1ccc(NC2CCCC2)nc1. The average Bonchev–Trinajstić information content (AvgIpc) is 2.82. The van der Waals surface area contributed by atoms with Crippen molar-refractivity contribution in [3.63, 3.8) is 0 Å². The molecule has 5 heteroatoms. The van der Waals surface area contributed by atoms with Gasteiger partial charge < -0.3 is 5.32 Å². The van der Waals surface area contributed by atoms with Gasteiger partial charge in [-0.1, -0.05) is 12.8 Å². The highest BCUT2D eigenvalue weighted by Gasteiger charge is 2.20. The molecule has 1 aliphatic rings. The van der Waals surface area contributed by atoms with Crippen LogP contribution in [0.2, 0.25) is 0 Å². The van der Waals surface area contributed by atoms with E-state index >= 15 is 0 Å². The lowest BCUT2D eigenvalue weighted by Crippen LogP contribution is -2.17. The second-order valence-corrected chi connectivity index (χ2v) is 7.60.